The molecule has 2 aromatic carbocycles. The quantitative estimate of drug-likeness (QED) is 0.379. The summed E-state index contributed by atoms with van der Waals surface area (Å²) in [5, 5.41) is 12.0. The highest BCUT2D eigenvalue weighted by Crippen LogP contribution is 2.27. The molecule has 30 heavy (non-hydrogen) atoms. The smallest absolute Gasteiger partial charge is 0.289 e. The largest absolute Gasteiger partial charge is 0.337 e. The van der Waals surface area contributed by atoms with Gasteiger partial charge in [0, 0.05) is 38.3 Å². The molecule has 0 aliphatic carbocycles. The van der Waals surface area contributed by atoms with Gasteiger partial charge in [-0.1, -0.05) is 41.4 Å². The van der Waals surface area contributed by atoms with Crippen LogP contribution in [-0.4, -0.2) is 54.6 Å². The van der Waals surface area contributed by atoms with Gasteiger partial charge in [-0.2, -0.15) is 4.31 Å². The van der Waals surface area contributed by atoms with Gasteiger partial charge in [0.2, 0.25) is 15.9 Å². The molecule has 1 aliphatic rings. The molecule has 0 bridgehead atoms. The lowest BCUT2D eigenvalue weighted by Crippen LogP contribution is -2.50. The number of nitro groups is 1. The minimum Gasteiger partial charge on any atom is -0.337 e. The number of para-hydroxylation sites is 1. The molecule has 1 heterocycles. The van der Waals surface area contributed by atoms with Crippen LogP contribution in [0.2, 0.25) is 10.0 Å². The first-order valence-corrected chi connectivity index (χ1v) is 11.1. The first-order valence-electron chi connectivity index (χ1n) is 8.86. The van der Waals surface area contributed by atoms with E-state index in [0.29, 0.717) is 15.6 Å². The molecule has 1 saturated heterocycles. The fourth-order valence-corrected chi connectivity index (χ4v) is 4.89. The topological polar surface area (TPSA) is 101 Å². The highest BCUT2D eigenvalue weighted by Gasteiger charge is 2.34. The van der Waals surface area contributed by atoms with Gasteiger partial charge in [-0.05, 0) is 29.8 Å². The number of hydrogen-bond acceptors (Lipinski definition) is 5. The Labute approximate surface area is 183 Å². The van der Waals surface area contributed by atoms with Crippen molar-refractivity contribution in [2.24, 2.45) is 0 Å². The molecule has 3 rings (SSSR count). The highest BCUT2D eigenvalue weighted by atomic mass is 35.5. The number of sulfonamides is 1. The van der Waals surface area contributed by atoms with E-state index < -0.39 is 20.6 Å². The first-order chi connectivity index (χ1) is 14.2. The summed E-state index contributed by atoms with van der Waals surface area (Å²) in [6, 6.07) is 10.2. The number of piperazine rings is 1. The van der Waals surface area contributed by atoms with Crippen LogP contribution < -0.4 is 0 Å². The van der Waals surface area contributed by atoms with Crippen LogP contribution in [0.3, 0.4) is 0 Å². The summed E-state index contributed by atoms with van der Waals surface area (Å²) < 4.78 is 26.8. The van der Waals surface area contributed by atoms with Gasteiger partial charge in [0.05, 0.1) is 15.0 Å². The number of benzene rings is 2. The minimum absolute atomic E-state index is 0.0424. The van der Waals surface area contributed by atoms with E-state index in [-0.39, 0.29) is 37.0 Å². The Hall–Kier alpha value is -2.46. The van der Waals surface area contributed by atoms with Crippen molar-refractivity contribution in [3.05, 3.63) is 74.3 Å². The Morgan fingerprint density at radius 3 is 2.33 bits per heavy atom. The van der Waals surface area contributed by atoms with E-state index in [1.807, 2.05) is 0 Å². The summed E-state index contributed by atoms with van der Waals surface area (Å²) in [5.74, 6) is -0.274. The number of rotatable bonds is 5. The summed E-state index contributed by atoms with van der Waals surface area (Å²) in [6.45, 7) is 0.427. The number of carbonyl (C=O) groups is 1. The fraction of sp³-hybridized carbons (Fsp3) is 0.211. The second kappa shape index (κ2) is 9.13. The summed E-state index contributed by atoms with van der Waals surface area (Å²) >= 11 is 11.8. The highest BCUT2D eigenvalue weighted by molar-refractivity contribution is 7.89. The zero-order valence-electron chi connectivity index (χ0n) is 15.6. The van der Waals surface area contributed by atoms with Crippen molar-refractivity contribution in [2.75, 3.05) is 26.2 Å². The van der Waals surface area contributed by atoms with Crippen LogP contribution in [0.5, 0.6) is 0 Å². The second-order valence-electron chi connectivity index (χ2n) is 6.46. The van der Waals surface area contributed by atoms with Gasteiger partial charge < -0.3 is 4.90 Å². The van der Waals surface area contributed by atoms with Crippen molar-refractivity contribution in [3.63, 3.8) is 0 Å². The molecule has 11 heteroatoms. The van der Waals surface area contributed by atoms with Crippen LogP contribution >= 0.6 is 23.2 Å². The Balaban J connectivity index is 1.67. The SMILES string of the molecule is O=C(/C=C/c1ccc(Cl)c(Cl)c1)N1CCN(S(=O)(=O)c2ccccc2[N+](=O)[O-])CC1. The molecule has 8 nitrogen and oxygen atoms in total. The van der Waals surface area contributed by atoms with Crippen LogP contribution in [0.25, 0.3) is 6.08 Å². The van der Waals surface area contributed by atoms with Gasteiger partial charge in [-0.25, -0.2) is 8.42 Å². The van der Waals surface area contributed by atoms with Gasteiger partial charge in [0.25, 0.3) is 5.69 Å². The zero-order chi connectivity index (χ0) is 21.9. The molecule has 0 saturated carbocycles. The van der Waals surface area contributed by atoms with E-state index >= 15 is 0 Å². The lowest BCUT2D eigenvalue weighted by Gasteiger charge is -2.33. The average Bonchev–Trinajstić information content (AvgIpc) is 2.74. The van der Waals surface area contributed by atoms with E-state index in [2.05, 4.69) is 0 Å². The van der Waals surface area contributed by atoms with E-state index in [0.717, 1.165) is 10.4 Å². The molecule has 0 unspecified atom stereocenters. The predicted molar refractivity (Wildman–Crippen MR) is 114 cm³/mol. The fourth-order valence-electron chi connectivity index (χ4n) is 3.00. The Morgan fingerprint density at radius 2 is 1.70 bits per heavy atom. The van der Waals surface area contributed by atoms with Gasteiger partial charge in [0.1, 0.15) is 0 Å². The monoisotopic (exact) mass is 469 g/mol. The van der Waals surface area contributed by atoms with E-state index in [1.165, 1.54) is 29.2 Å². The maximum atomic E-state index is 12.8. The third kappa shape index (κ3) is 4.81. The van der Waals surface area contributed by atoms with Crippen molar-refractivity contribution in [2.45, 2.75) is 4.90 Å². The second-order valence-corrected chi connectivity index (χ2v) is 9.18. The molecule has 0 N–H and O–H groups in total. The number of nitro benzene ring substituents is 1. The summed E-state index contributed by atoms with van der Waals surface area (Å²) in [6.07, 6.45) is 2.98. The molecule has 0 aromatic heterocycles. The zero-order valence-corrected chi connectivity index (χ0v) is 17.9. The molecule has 1 amide bonds. The van der Waals surface area contributed by atoms with Crippen molar-refractivity contribution in [1.82, 2.24) is 9.21 Å². The van der Waals surface area contributed by atoms with Crippen LogP contribution in [0.15, 0.2) is 53.4 Å². The number of halogens is 2. The van der Waals surface area contributed by atoms with Crippen LogP contribution in [0.4, 0.5) is 5.69 Å². The number of carbonyl (C=O) groups excluding carboxylic acids is 1. The van der Waals surface area contributed by atoms with Crippen molar-refractivity contribution in [3.8, 4) is 0 Å². The molecule has 2 aromatic rings. The van der Waals surface area contributed by atoms with E-state index in [1.54, 1.807) is 24.3 Å². The lowest BCUT2D eigenvalue weighted by molar-refractivity contribution is -0.387. The number of amides is 1. The molecular weight excluding hydrogens is 453 g/mol. The molecule has 1 aliphatic heterocycles. The third-order valence-electron chi connectivity index (χ3n) is 4.59. The van der Waals surface area contributed by atoms with Gasteiger partial charge in [0.15, 0.2) is 4.90 Å². The van der Waals surface area contributed by atoms with E-state index in [4.69, 9.17) is 23.2 Å². The maximum Gasteiger partial charge on any atom is 0.289 e. The normalized spacial score (nSPS) is 15.5. The molecule has 0 spiro atoms. The van der Waals surface area contributed by atoms with Gasteiger partial charge in [-0.15, -0.1) is 0 Å². The van der Waals surface area contributed by atoms with Crippen LogP contribution in [0, 0.1) is 10.1 Å². The molecule has 0 atom stereocenters. The van der Waals surface area contributed by atoms with Crippen LogP contribution in [-0.2, 0) is 14.8 Å². The Bertz CT molecular complexity index is 1110. The summed E-state index contributed by atoms with van der Waals surface area (Å²) in [7, 11) is -4.04. The molecular formula is C19H17Cl2N3O5S. The Kier molecular flexibility index (Phi) is 6.77. The maximum absolute atomic E-state index is 12.8. The van der Waals surface area contributed by atoms with Gasteiger partial charge >= 0.3 is 0 Å². The lowest BCUT2D eigenvalue weighted by atomic mass is 10.2. The van der Waals surface area contributed by atoms with Crippen LogP contribution in [0.1, 0.15) is 5.56 Å². The molecule has 158 valence electrons. The summed E-state index contributed by atoms with van der Waals surface area (Å²) in [5.41, 5.74) is 0.232. The third-order valence-corrected chi connectivity index (χ3v) is 7.28. The van der Waals surface area contributed by atoms with Gasteiger partial charge in [-0.3, -0.25) is 14.9 Å². The molecule has 1 fully saturated rings. The van der Waals surface area contributed by atoms with Crippen molar-refractivity contribution < 1.29 is 18.1 Å². The van der Waals surface area contributed by atoms with Crippen molar-refractivity contribution in [1.29, 1.82) is 0 Å². The minimum atomic E-state index is -4.04. The van der Waals surface area contributed by atoms with E-state index in [9.17, 15) is 23.3 Å². The first kappa shape index (κ1) is 22.2. The number of nitrogens with zero attached hydrogens (tertiary/aromatic N) is 3. The standard InChI is InChI=1S/C19H17Cl2N3O5S/c20-15-7-5-14(13-16(15)21)6-8-19(25)22-9-11-23(12-10-22)30(28,29)18-4-2-1-3-17(18)24(26)27/h1-8,13H,9-12H2/b8-6+. The number of hydrogen-bond donors (Lipinski definition) is 0. The molecule has 0 radical (unpaired) electrons. The van der Waals surface area contributed by atoms with Crippen molar-refractivity contribution >= 4 is 50.9 Å². The predicted octanol–water partition coefficient (Wildman–Crippen LogP) is 3.45. The Morgan fingerprint density at radius 1 is 1.03 bits per heavy atom. The summed E-state index contributed by atoms with van der Waals surface area (Å²) in [4.78, 5) is 24.0. The average molecular weight is 470 g/mol.